The van der Waals surface area contributed by atoms with Crippen LogP contribution in [0.3, 0.4) is 0 Å². The van der Waals surface area contributed by atoms with Gasteiger partial charge in [-0.25, -0.2) is 4.98 Å². The van der Waals surface area contributed by atoms with Gasteiger partial charge >= 0.3 is 6.18 Å². The van der Waals surface area contributed by atoms with Gasteiger partial charge in [0.15, 0.2) is 0 Å². The van der Waals surface area contributed by atoms with E-state index in [0.717, 1.165) is 23.0 Å². The van der Waals surface area contributed by atoms with Gasteiger partial charge in [0.05, 0.1) is 21.5 Å². The number of nitrogens with zero attached hydrogens (tertiary/aromatic N) is 3. The molecule has 3 rings (SSSR count). The lowest BCUT2D eigenvalue weighted by Gasteiger charge is -2.13. The van der Waals surface area contributed by atoms with Gasteiger partial charge in [-0.15, -0.1) is 0 Å². The third kappa shape index (κ3) is 3.46. The number of nitro groups is 1. The molecule has 1 heterocycles. The molecule has 0 radical (unpaired) electrons. The van der Waals surface area contributed by atoms with E-state index in [1.165, 1.54) is 18.2 Å². The average molecular weight is 361 g/mol. The molecule has 0 fully saturated rings. The highest BCUT2D eigenvalue weighted by molar-refractivity contribution is 5.81. The van der Waals surface area contributed by atoms with Crippen molar-refractivity contribution in [2.24, 2.45) is 0 Å². The van der Waals surface area contributed by atoms with E-state index in [1.54, 1.807) is 18.2 Å². The molecule has 26 heavy (non-hydrogen) atoms. The number of benzene rings is 2. The van der Waals surface area contributed by atoms with Crippen LogP contribution in [0.5, 0.6) is 0 Å². The van der Waals surface area contributed by atoms with Crippen molar-refractivity contribution >= 4 is 22.3 Å². The third-order valence-electron chi connectivity index (χ3n) is 3.58. The number of hydrogen-bond donors (Lipinski definition) is 0. The summed E-state index contributed by atoms with van der Waals surface area (Å²) in [7, 11) is 0. The first-order chi connectivity index (χ1) is 12.3. The summed E-state index contributed by atoms with van der Waals surface area (Å²) >= 11 is 0. The predicted octanol–water partition coefficient (Wildman–Crippen LogP) is 3.76. The zero-order valence-electron chi connectivity index (χ0n) is 13.0. The van der Waals surface area contributed by atoms with Gasteiger partial charge in [0.25, 0.3) is 11.2 Å². The number of alkyl halides is 3. The Morgan fingerprint density at radius 2 is 1.85 bits per heavy atom. The zero-order valence-corrected chi connectivity index (χ0v) is 13.0. The molecule has 0 amide bonds. The number of rotatable bonds is 3. The molecule has 0 saturated carbocycles. The summed E-state index contributed by atoms with van der Waals surface area (Å²) < 4.78 is 39.7. The minimum absolute atomic E-state index is 0.0165. The molecule has 0 aliphatic carbocycles. The summed E-state index contributed by atoms with van der Waals surface area (Å²) in [6.45, 7) is 0. The van der Waals surface area contributed by atoms with Gasteiger partial charge in [0.1, 0.15) is 6.33 Å². The molecule has 0 N–H and O–H groups in total. The Morgan fingerprint density at radius 3 is 2.46 bits per heavy atom. The number of allylic oxidation sites excluding steroid dienone is 1. The van der Waals surface area contributed by atoms with Gasteiger partial charge in [-0.2, -0.15) is 13.2 Å². The fourth-order valence-electron chi connectivity index (χ4n) is 2.45. The highest BCUT2D eigenvalue weighted by Gasteiger charge is 2.26. The SMILES string of the molecule is O=c1c2ccc([N+](=O)[O-])cc2ncn1/C(=C\C(F)(F)F)c1ccccc1. The van der Waals surface area contributed by atoms with Gasteiger partial charge < -0.3 is 0 Å². The second-order valence-corrected chi connectivity index (χ2v) is 5.32. The summed E-state index contributed by atoms with van der Waals surface area (Å²) in [4.78, 5) is 26.7. The lowest BCUT2D eigenvalue weighted by molar-refractivity contribution is -0.384. The first kappa shape index (κ1) is 17.3. The monoisotopic (exact) mass is 361 g/mol. The molecule has 2 aromatic carbocycles. The maximum atomic E-state index is 13.0. The first-order valence-corrected chi connectivity index (χ1v) is 7.27. The smallest absolute Gasteiger partial charge is 0.268 e. The maximum absolute atomic E-state index is 13.0. The van der Waals surface area contributed by atoms with E-state index in [4.69, 9.17) is 0 Å². The van der Waals surface area contributed by atoms with Crippen LogP contribution in [0.1, 0.15) is 5.56 Å². The lowest BCUT2D eigenvalue weighted by Crippen LogP contribution is -2.22. The van der Waals surface area contributed by atoms with Gasteiger partial charge in [0.2, 0.25) is 0 Å². The van der Waals surface area contributed by atoms with E-state index in [0.29, 0.717) is 0 Å². The number of non-ortho nitro benzene ring substituents is 1. The van der Waals surface area contributed by atoms with Crippen molar-refractivity contribution in [3.8, 4) is 0 Å². The van der Waals surface area contributed by atoms with Crippen molar-refractivity contribution in [2.75, 3.05) is 0 Å². The lowest BCUT2D eigenvalue weighted by atomic mass is 10.1. The molecule has 0 spiro atoms. The van der Waals surface area contributed by atoms with E-state index in [9.17, 15) is 28.1 Å². The molecule has 0 aliphatic rings. The molecule has 0 aliphatic heterocycles. The summed E-state index contributed by atoms with van der Waals surface area (Å²) in [6.07, 6.45) is -3.71. The second-order valence-electron chi connectivity index (χ2n) is 5.32. The van der Waals surface area contributed by atoms with E-state index >= 15 is 0 Å². The fraction of sp³-hybridized carbons (Fsp3) is 0.0588. The summed E-state index contributed by atoms with van der Waals surface area (Å²) in [5.41, 5.74) is -1.22. The summed E-state index contributed by atoms with van der Waals surface area (Å²) in [5.74, 6) is 0. The van der Waals surface area contributed by atoms with Gasteiger partial charge in [-0.3, -0.25) is 19.5 Å². The Hall–Kier alpha value is -3.49. The van der Waals surface area contributed by atoms with E-state index < -0.39 is 22.4 Å². The quantitative estimate of drug-likeness (QED) is 0.526. The molecule has 0 atom stereocenters. The topological polar surface area (TPSA) is 78.0 Å². The largest absolute Gasteiger partial charge is 0.411 e. The van der Waals surface area contributed by atoms with Crippen molar-refractivity contribution in [1.29, 1.82) is 0 Å². The molecule has 0 bridgehead atoms. The minimum atomic E-state index is -4.66. The number of aromatic nitrogens is 2. The first-order valence-electron chi connectivity index (χ1n) is 7.27. The molecular weight excluding hydrogens is 351 g/mol. The van der Waals surface area contributed by atoms with Crippen molar-refractivity contribution in [2.45, 2.75) is 6.18 Å². The Labute approximate surface area is 144 Å². The van der Waals surface area contributed by atoms with Crippen LogP contribution in [-0.2, 0) is 0 Å². The standard InChI is InChI=1S/C17H10F3N3O3/c18-17(19,20)9-15(11-4-2-1-3-5-11)22-10-21-14-8-12(23(25)26)6-7-13(14)16(22)24/h1-10H/b15-9-. The van der Waals surface area contributed by atoms with Crippen LogP contribution in [0.15, 0.2) is 65.7 Å². The molecule has 6 nitrogen and oxygen atoms in total. The Balaban J connectivity index is 2.25. The van der Waals surface area contributed by atoms with Gasteiger partial charge in [-0.05, 0) is 11.6 Å². The molecule has 1 aromatic heterocycles. The molecule has 9 heteroatoms. The number of nitro benzene ring substituents is 1. The molecule has 3 aromatic rings. The molecule has 0 unspecified atom stereocenters. The highest BCUT2D eigenvalue weighted by Crippen LogP contribution is 2.25. The van der Waals surface area contributed by atoms with Crippen LogP contribution < -0.4 is 5.56 Å². The number of halogens is 3. The van der Waals surface area contributed by atoms with Gasteiger partial charge in [-0.1, -0.05) is 30.3 Å². The Morgan fingerprint density at radius 1 is 1.15 bits per heavy atom. The van der Waals surface area contributed by atoms with E-state index in [1.807, 2.05) is 0 Å². The zero-order chi connectivity index (χ0) is 18.9. The third-order valence-corrected chi connectivity index (χ3v) is 3.58. The number of fused-ring (bicyclic) bond motifs is 1. The van der Waals surface area contributed by atoms with Crippen LogP contribution >= 0.6 is 0 Å². The predicted molar refractivity (Wildman–Crippen MR) is 88.5 cm³/mol. The van der Waals surface area contributed by atoms with E-state index in [-0.39, 0.29) is 28.2 Å². The van der Waals surface area contributed by atoms with Crippen LogP contribution in [-0.4, -0.2) is 20.7 Å². The van der Waals surface area contributed by atoms with Crippen LogP contribution in [0.25, 0.3) is 16.6 Å². The molecule has 132 valence electrons. The van der Waals surface area contributed by atoms with Crippen molar-refractivity contribution in [1.82, 2.24) is 9.55 Å². The number of hydrogen-bond acceptors (Lipinski definition) is 4. The van der Waals surface area contributed by atoms with Crippen molar-refractivity contribution < 1.29 is 18.1 Å². The normalized spacial score (nSPS) is 12.3. The molecule has 0 saturated heterocycles. The van der Waals surface area contributed by atoms with Crippen LogP contribution in [0.4, 0.5) is 18.9 Å². The summed E-state index contributed by atoms with van der Waals surface area (Å²) in [6, 6.07) is 11.0. The fourth-order valence-corrected chi connectivity index (χ4v) is 2.45. The van der Waals surface area contributed by atoms with Crippen LogP contribution in [0, 0.1) is 10.1 Å². The summed E-state index contributed by atoms with van der Waals surface area (Å²) in [5, 5.41) is 10.8. The molecular formula is C17H10F3N3O3. The maximum Gasteiger partial charge on any atom is 0.411 e. The van der Waals surface area contributed by atoms with Crippen molar-refractivity contribution in [3.63, 3.8) is 0 Å². The van der Waals surface area contributed by atoms with Gasteiger partial charge in [0, 0.05) is 18.2 Å². The van der Waals surface area contributed by atoms with Crippen LogP contribution in [0.2, 0.25) is 0 Å². The van der Waals surface area contributed by atoms with Crippen molar-refractivity contribution in [3.05, 3.63) is 87.0 Å². The minimum Gasteiger partial charge on any atom is -0.268 e. The highest BCUT2D eigenvalue weighted by atomic mass is 19.4. The Bertz CT molecular complexity index is 1070. The Kier molecular flexibility index (Phi) is 4.29. The average Bonchev–Trinajstić information content (AvgIpc) is 2.60. The second kappa shape index (κ2) is 6.43. The van der Waals surface area contributed by atoms with E-state index in [2.05, 4.69) is 4.98 Å².